The molecule has 0 aromatic rings. The molecule has 0 radical (unpaired) electrons. The first-order chi connectivity index (χ1) is 24.8. The maximum Gasteiger partial charge on any atom is 0.251 e. The third kappa shape index (κ3) is 10.3. The number of rotatable bonds is 17. The number of aliphatic hydroxyl groups excluding tert-OH is 7. The first kappa shape index (κ1) is 43.4. The van der Waals surface area contributed by atoms with Gasteiger partial charge in [0.25, 0.3) is 5.91 Å². The van der Waals surface area contributed by atoms with Crippen molar-refractivity contribution in [1.29, 1.82) is 0 Å². The minimum absolute atomic E-state index is 0.0959. The van der Waals surface area contributed by atoms with Gasteiger partial charge in [-0.1, -0.05) is 0 Å². The second-order valence-electron chi connectivity index (χ2n) is 13.8. The smallest absolute Gasteiger partial charge is 0.251 e. The van der Waals surface area contributed by atoms with E-state index in [2.05, 4.69) is 10.6 Å². The van der Waals surface area contributed by atoms with Crippen molar-refractivity contribution >= 4 is 5.91 Å². The molecule has 21 N–H and O–H groups in total. The summed E-state index contributed by atoms with van der Waals surface area (Å²) in [6.07, 6.45) is -18.4. The van der Waals surface area contributed by atoms with E-state index in [0.717, 1.165) is 6.42 Å². The Hall–Kier alpha value is -1.33. The van der Waals surface area contributed by atoms with Crippen LogP contribution in [0.5, 0.6) is 0 Å². The minimum atomic E-state index is -1.92. The Kier molecular flexibility index (Phi) is 16.7. The normalized spacial score (nSPS) is 44.0. The summed E-state index contributed by atoms with van der Waals surface area (Å²) in [5.74, 6) is -1.03. The Morgan fingerprint density at radius 3 is 2.12 bits per heavy atom. The summed E-state index contributed by atoms with van der Waals surface area (Å²) >= 11 is 0. The average molecular weight is 757 g/mol. The third-order valence-electron chi connectivity index (χ3n) is 9.98. The van der Waals surface area contributed by atoms with Gasteiger partial charge in [0.1, 0.15) is 61.0 Å². The number of amides is 1. The van der Waals surface area contributed by atoms with Gasteiger partial charge >= 0.3 is 0 Å². The summed E-state index contributed by atoms with van der Waals surface area (Å²) < 4.78 is 36.0. The molecule has 4 aliphatic rings. The summed E-state index contributed by atoms with van der Waals surface area (Å²) in [5.41, 5.74) is 35.6. The summed E-state index contributed by atoms with van der Waals surface area (Å²) in [5, 5.41) is 79.7. The topological polar surface area (TPSA) is 394 Å². The summed E-state index contributed by atoms with van der Waals surface area (Å²) in [4.78, 5) is 12.8. The molecule has 3 heterocycles. The number of carbonyl (C=O) groups is 1. The Morgan fingerprint density at radius 1 is 0.788 bits per heavy atom. The van der Waals surface area contributed by atoms with Gasteiger partial charge in [-0.25, -0.2) is 0 Å². The second-order valence-corrected chi connectivity index (χ2v) is 13.8. The lowest BCUT2D eigenvalue weighted by molar-refractivity contribution is -0.290. The van der Waals surface area contributed by atoms with Crippen molar-refractivity contribution in [3.05, 3.63) is 0 Å². The van der Waals surface area contributed by atoms with Crippen molar-refractivity contribution < 1.29 is 69.0 Å². The Bertz CT molecular complexity index is 1090. The first-order valence-corrected chi connectivity index (χ1v) is 17.8. The van der Waals surface area contributed by atoms with Crippen LogP contribution in [0.15, 0.2) is 0 Å². The van der Waals surface area contributed by atoms with Crippen molar-refractivity contribution in [3.63, 3.8) is 0 Å². The van der Waals surface area contributed by atoms with E-state index in [1.54, 1.807) is 0 Å². The molecule has 4 rings (SSSR count). The van der Waals surface area contributed by atoms with E-state index in [9.17, 15) is 40.5 Å². The molecular formula is C30H60N8O14. The molecule has 3 aliphatic heterocycles. The summed E-state index contributed by atoms with van der Waals surface area (Å²) in [6, 6.07) is -4.01. The van der Waals surface area contributed by atoms with E-state index in [0.29, 0.717) is 32.5 Å². The van der Waals surface area contributed by atoms with E-state index in [-0.39, 0.29) is 19.1 Å². The third-order valence-corrected chi connectivity index (χ3v) is 9.98. The van der Waals surface area contributed by atoms with Gasteiger partial charge in [0.05, 0.1) is 30.8 Å². The fourth-order valence-corrected chi connectivity index (χ4v) is 6.80. The zero-order valence-electron chi connectivity index (χ0n) is 29.0. The molecule has 304 valence electrons. The monoisotopic (exact) mass is 756 g/mol. The summed E-state index contributed by atoms with van der Waals surface area (Å²) in [6.45, 7) is 0.425. The Balaban J connectivity index is 1.54. The predicted molar refractivity (Wildman–Crippen MR) is 178 cm³/mol. The molecule has 1 aliphatic carbocycles. The Labute approximate surface area is 301 Å². The van der Waals surface area contributed by atoms with Gasteiger partial charge in [-0.05, 0) is 38.8 Å². The van der Waals surface area contributed by atoms with Gasteiger partial charge in [0, 0.05) is 25.7 Å². The van der Waals surface area contributed by atoms with Crippen LogP contribution >= 0.6 is 0 Å². The lowest BCUT2D eigenvalue weighted by Gasteiger charge is -2.46. The minimum Gasteiger partial charge on any atom is -0.394 e. The number of nitrogens with one attached hydrogen (secondary N) is 2. The predicted octanol–water partition coefficient (Wildman–Crippen LogP) is -9.02. The molecule has 0 bridgehead atoms. The zero-order chi connectivity index (χ0) is 38.3. The Morgan fingerprint density at radius 2 is 1.46 bits per heavy atom. The van der Waals surface area contributed by atoms with Gasteiger partial charge in [-0.3, -0.25) is 4.79 Å². The molecule has 0 spiro atoms. The first-order valence-electron chi connectivity index (χ1n) is 17.8. The van der Waals surface area contributed by atoms with E-state index in [1.807, 2.05) is 0 Å². The fraction of sp³-hybridized carbons (Fsp3) is 0.967. The fourth-order valence-electron chi connectivity index (χ4n) is 6.80. The molecule has 1 amide bonds. The van der Waals surface area contributed by atoms with E-state index in [1.165, 1.54) is 0 Å². The molecule has 4 fully saturated rings. The molecule has 22 heteroatoms. The largest absolute Gasteiger partial charge is 0.394 e. The van der Waals surface area contributed by atoms with Gasteiger partial charge < -0.3 is 109 Å². The number of aliphatic hydroxyl groups is 7. The quantitative estimate of drug-likeness (QED) is 0.0613. The highest BCUT2D eigenvalue weighted by atomic mass is 16.8. The van der Waals surface area contributed by atoms with Crippen LogP contribution in [0.4, 0.5) is 0 Å². The van der Waals surface area contributed by atoms with Crippen molar-refractivity contribution in [1.82, 2.24) is 10.6 Å². The molecule has 52 heavy (non-hydrogen) atoms. The standard InChI is InChI=1S/C30H60N8O14/c31-4-1-5-37-9-11-2-3-12(34)28(47-11)50-24-13(35)6-14(38-27(46)20(42)15(40)7-32)19(41)26(24)52-30-23(45)25(17(10-39)49-30)51-29-18(36)22(44)21(43)16(8-33)48-29/h11-26,28-30,37,39-45H,1-10,31-36H2,(H,38,46)/t11-,12+,13-,14+,15+,16-,17+,18+,19-,20?,21+,22+,23+,24+,25+,26+,28+,29+,30-/m0/s1. The van der Waals surface area contributed by atoms with Gasteiger partial charge in [-0.2, -0.15) is 0 Å². The van der Waals surface area contributed by atoms with Crippen LogP contribution in [0, 0.1) is 0 Å². The van der Waals surface area contributed by atoms with Crippen LogP contribution in [0.1, 0.15) is 25.7 Å². The summed E-state index contributed by atoms with van der Waals surface area (Å²) in [7, 11) is 0. The number of ether oxygens (including phenoxy) is 6. The van der Waals surface area contributed by atoms with Crippen LogP contribution in [0.3, 0.4) is 0 Å². The van der Waals surface area contributed by atoms with Crippen LogP contribution in [-0.4, -0.2) is 197 Å². The number of nitrogens with two attached hydrogens (primary N) is 6. The lowest BCUT2D eigenvalue weighted by Crippen LogP contribution is -2.67. The van der Waals surface area contributed by atoms with Gasteiger partial charge in [0.2, 0.25) is 0 Å². The van der Waals surface area contributed by atoms with E-state index >= 15 is 0 Å². The second kappa shape index (κ2) is 20.0. The lowest BCUT2D eigenvalue weighted by atomic mass is 9.83. The van der Waals surface area contributed by atoms with Gasteiger partial charge in [-0.15, -0.1) is 0 Å². The van der Waals surface area contributed by atoms with Crippen molar-refractivity contribution in [2.45, 2.75) is 142 Å². The highest BCUT2D eigenvalue weighted by Crippen LogP contribution is 2.34. The molecule has 1 saturated carbocycles. The average Bonchev–Trinajstić information content (AvgIpc) is 3.43. The van der Waals surface area contributed by atoms with Crippen molar-refractivity contribution in [2.75, 3.05) is 39.3 Å². The van der Waals surface area contributed by atoms with Crippen LogP contribution < -0.4 is 45.0 Å². The molecule has 0 aromatic heterocycles. The molecule has 1 unspecified atom stereocenters. The van der Waals surface area contributed by atoms with Crippen molar-refractivity contribution in [3.8, 4) is 0 Å². The van der Waals surface area contributed by atoms with Crippen molar-refractivity contribution in [2.24, 2.45) is 34.4 Å². The number of hydrogen-bond donors (Lipinski definition) is 15. The maximum atomic E-state index is 12.8. The van der Waals surface area contributed by atoms with Crippen LogP contribution in [0.25, 0.3) is 0 Å². The van der Waals surface area contributed by atoms with E-state index < -0.39 is 129 Å². The van der Waals surface area contributed by atoms with Gasteiger partial charge in [0.15, 0.2) is 25.0 Å². The van der Waals surface area contributed by atoms with E-state index in [4.69, 9.17) is 62.8 Å². The molecule has 19 atom stereocenters. The maximum absolute atomic E-state index is 12.8. The molecular weight excluding hydrogens is 696 g/mol. The highest BCUT2D eigenvalue weighted by Gasteiger charge is 2.54. The SMILES string of the molecule is NCCCNC[C@@H]1CC[C@@H](N)[C@@H](O[C@H]2[C@H](O[C@@H]3O[C@H](CO)[C@@H](O[C@H]4O[C@@H](CN)[C@@H](O)[C@H](O)[C@H]4N)[C@H]3O)[C@@H](O)[C@H](NC(=O)C(O)[C@H](O)CN)C[C@@H]2N)O1. The highest BCUT2D eigenvalue weighted by molar-refractivity contribution is 5.81. The molecule has 22 nitrogen and oxygen atoms in total. The zero-order valence-corrected chi connectivity index (χ0v) is 29.0. The van der Waals surface area contributed by atoms with Crippen LogP contribution in [-0.2, 0) is 33.2 Å². The number of carbonyl (C=O) groups excluding carboxylic acids is 1. The molecule has 3 saturated heterocycles. The molecule has 0 aromatic carbocycles. The van der Waals surface area contributed by atoms with Crippen LogP contribution in [0.2, 0.25) is 0 Å². The number of hydrogen-bond acceptors (Lipinski definition) is 21.